The Kier molecular flexibility index (Phi) is 3.66. The Balaban J connectivity index is 1.67. The van der Waals surface area contributed by atoms with E-state index in [1.54, 1.807) is 0 Å². The molecule has 2 rings (SSSR count). The maximum atomic E-state index is 5.89. The van der Waals surface area contributed by atoms with E-state index in [0.29, 0.717) is 6.04 Å². The van der Waals surface area contributed by atoms with E-state index in [2.05, 4.69) is 11.2 Å². The second kappa shape index (κ2) is 5.01. The van der Waals surface area contributed by atoms with E-state index in [1.165, 1.54) is 25.7 Å². The normalized spacial score (nSPS) is 28.3. The molecule has 0 bridgehead atoms. The minimum Gasteiger partial charge on any atom is -0.375 e. The molecular formula is C13H21NO. The molecule has 2 aliphatic rings. The average Bonchev–Trinajstić information content (AvgIpc) is 2.23. The molecule has 1 spiro atoms. The van der Waals surface area contributed by atoms with Gasteiger partial charge in [-0.2, -0.15) is 0 Å². The summed E-state index contributed by atoms with van der Waals surface area (Å²) in [5.74, 6) is 2.68. The lowest BCUT2D eigenvalue weighted by molar-refractivity contribution is -0.135. The Labute approximate surface area is 92.8 Å². The van der Waals surface area contributed by atoms with E-state index in [4.69, 9.17) is 11.2 Å². The molecule has 1 aliphatic heterocycles. The quantitative estimate of drug-likeness (QED) is 0.563. The number of terminal acetylenes is 1. The van der Waals surface area contributed by atoms with E-state index >= 15 is 0 Å². The van der Waals surface area contributed by atoms with Crippen LogP contribution in [-0.4, -0.2) is 24.8 Å². The van der Waals surface area contributed by atoms with Gasteiger partial charge in [-0.05, 0) is 45.1 Å². The molecule has 15 heavy (non-hydrogen) atoms. The van der Waals surface area contributed by atoms with Gasteiger partial charge in [0.25, 0.3) is 0 Å². The van der Waals surface area contributed by atoms with Crippen molar-refractivity contribution in [1.29, 1.82) is 0 Å². The lowest BCUT2D eigenvalue weighted by atomic mass is 9.74. The molecule has 1 N–H and O–H groups in total. The number of unbranched alkanes of at least 4 members (excludes halogenated alkanes) is 1. The highest BCUT2D eigenvalue weighted by molar-refractivity contribution is 4.96. The lowest BCUT2D eigenvalue weighted by Crippen LogP contribution is -2.51. The van der Waals surface area contributed by atoms with Crippen LogP contribution in [-0.2, 0) is 4.74 Å². The maximum absolute atomic E-state index is 5.89. The van der Waals surface area contributed by atoms with Crippen molar-refractivity contribution in [1.82, 2.24) is 5.32 Å². The SMILES string of the molecule is C#CCCCNC1CCOC2(CCC2)C1. The second-order valence-corrected chi connectivity index (χ2v) is 4.84. The van der Waals surface area contributed by atoms with E-state index in [0.717, 1.165) is 32.4 Å². The van der Waals surface area contributed by atoms with Gasteiger partial charge < -0.3 is 10.1 Å². The van der Waals surface area contributed by atoms with Crippen molar-refractivity contribution in [3.8, 4) is 12.3 Å². The molecule has 0 amide bonds. The van der Waals surface area contributed by atoms with Crippen LogP contribution in [0.3, 0.4) is 0 Å². The highest BCUT2D eigenvalue weighted by atomic mass is 16.5. The number of ether oxygens (including phenoxy) is 1. The van der Waals surface area contributed by atoms with Crippen molar-refractivity contribution in [2.45, 2.75) is 56.6 Å². The van der Waals surface area contributed by atoms with Crippen LogP contribution in [0.25, 0.3) is 0 Å². The Morgan fingerprint density at radius 1 is 1.47 bits per heavy atom. The third-order valence-corrected chi connectivity index (χ3v) is 3.69. The van der Waals surface area contributed by atoms with Crippen LogP contribution in [0.15, 0.2) is 0 Å². The molecule has 0 radical (unpaired) electrons. The highest BCUT2D eigenvalue weighted by Gasteiger charge is 2.42. The largest absolute Gasteiger partial charge is 0.375 e. The van der Waals surface area contributed by atoms with Gasteiger partial charge in [0.15, 0.2) is 0 Å². The zero-order valence-corrected chi connectivity index (χ0v) is 9.43. The molecule has 2 nitrogen and oxygen atoms in total. The van der Waals surface area contributed by atoms with Gasteiger partial charge in [-0.15, -0.1) is 12.3 Å². The third-order valence-electron chi connectivity index (χ3n) is 3.69. The predicted molar refractivity (Wildman–Crippen MR) is 61.6 cm³/mol. The topological polar surface area (TPSA) is 21.3 Å². The van der Waals surface area contributed by atoms with Crippen LogP contribution < -0.4 is 5.32 Å². The smallest absolute Gasteiger partial charge is 0.0697 e. The molecule has 2 heteroatoms. The second-order valence-electron chi connectivity index (χ2n) is 4.84. The van der Waals surface area contributed by atoms with Gasteiger partial charge in [0.2, 0.25) is 0 Å². The predicted octanol–water partition coefficient (Wildman–Crippen LogP) is 2.09. The van der Waals surface area contributed by atoms with Crippen molar-refractivity contribution in [2.75, 3.05) is 13.2 Å². The summed E-state index contributed by atoms with van der Waals surface area (Å²) >= 11 is 0. The first kappa shape index (κ1) is 11.0. The van der Waals surface area contributed by atoms with Crippen molar-refractivity contribution >= 4 is 0 Å². The van der Waals surface area contributed by atoms with Gasteiger partial charge in [-0.3, -0.25) is 0 Å². The monoisotopic (exact) mass is 207 g/mol. The Morgan fingerprint density at radius 3 is 3.00 bits per heavy atom. The van der Waals surface area contributed by atoms with E-state index < -0.39 is 0 Å². The Bertz CT molecular complexity index is 239. The van der Waals surface area contributed by atoms with Gasteiger partial charge in [-0.25, -0.2) is 0 Å². The summed E-state index contributed by atoms with van der Waals surface area (Å²) in [4.78, 5) is 0. The van der Waals surface area contributed by atoms with Crippen LogP contribution in [0.1, 0.15) is 44.9 Å². The first-order valence-electron chi connectivity index (χ1n) is 6.15. The van der Waals surface area contributed by atoms with Crippen molar-refractivity contribution in [3.63, 3.8) is 0 Å². The molecule has 1 heterocycles. The minimum absolute atomic E-state index is 0.266. The van der Waals surface area contributed by atoms with Crippen LogP contribution in [0, 0.1) is 12.3 Å². The molecule has 1 aliphatic carbocycles. The number of hydrogen-bond acceptors (Lipinski definition) is 2. The van der Waals surface area contributed by atoms with Crippen LogP contribution in [0.5, 0.6) is 0 Å². The van der Waals surface area contributed by atoms with Crippen molar-refractivity contribution < 1.29 is 4.74 Å². The molecular weight excluding hydrogens is 186 g/mol. The fourth-order valence-electron chi connectivity index (χ4n) is 2.62. The van der Waals surface area contributed by atoms with E-state index in [9.17, 15) is 0 Å². The number of nitrogens with one attached hydrogen (secondary N) is 1. The molecule has 0 aromatic rings. The molecule has 84 valence electrons. The summed E-state index contributed by atoms with van der Waals surface area (Å²) in [7, 11) is 0. The van der Waals surface area contributed by atoms with Crippen LogP contribution in [0.2, 0.25) is 0 Å². The summed E-state index contributed by atoms with van der Waals surface area (Å²) in [5.41, 5.74) is 0.266. The first-order valence-corrected chi connectivity index (χ1v) is 6.15. The maximum Gasteiger partial charge on any atom is 0.0697 e. The fraction of sp³-hybridized carbons (Fsp3) is 0.846. The van der Waals surface area contributed by atoms with Gasteiger partial charge in [-0.1, -0.05) is 0 Å². The van der Waals surface area contributed by atoms with Crippen molar-refractivity contribution in [3.05, 3.63) is 0 Å². The van der Waals surface area contributed by atoms with Gasteiger partial charge in [0.05, 0.1) is 5.60 Å². The molecule has 0 aromatic heterocycles. The third kappa shape index (κ3) is 2.74. The van der Waals surface area contributed by atoms with Gasteiger partial charge in [0.1, 0.15) is 0 Å². The molecule has 0 aromatic carbocycles. The number of rotatable bonds is 4. The summed E-state index contributed by atoms with van der Waals surface area (Å²) in [5, 5.41) is 3.60. The summed E-state index contributed by atoms with van der Waals surface area (Å²) in [6, 6.07) is 0.664. The first-order chi connectivity index (χ1) is 7.35. The molecule has 2 fully saturated rings. The fourth-order valence-corrected chi connectivity index (χ4v) is 2.62. The van der Waals surface area contributed by atoms with Gasteiger partial charge in [0, 0.05) is 19.1 Å². The summed E-state index contributed by atoms with van der Waals surface area (Å²) in [6.45, 7) is 2.00. The zero-order chi connectivity index (χ0) is 10.6. The van der Waals surface area contributed by atoms with E-state index in [1.807, 2.05) is 0 Å². The molecule has 1 saturated heterocycles. The average molecular weight is 207 g/mol. The Hall–Kier alpha value is -0.520. The standard InChI is InChI=1S/C13H21NO/c1-2-3-4-9-14-12-6-10-15-13(11-12)7-5-8-13/h1,12,14H,3-11H2. The van der Waals surface area contributed by atoms with Gasteiger partial charge >= 0.3 is 0 Å². The lowest BCUT2D eigenvalue weighted by Gasteiger charge is -2.47. The summed E-state index contributed by atoms with van der Waals surface area (Å²) in [6.07, 6.45) is 13.5. The van der Waals surface area contributed by atoms with Crippen LogP contribution in [0.4, 0.5) is 0 Å². The van der Waals surface area contributed by atoms with Crippen molar-refractivity contribution in [2.24, 2.45) is 0 Å². The van der Waals surface area contributed by atoms with Crippen LogP contribution >= 0.6 is 0 Å². The molecule has 1 unspecified atom stereocenters. The van der Waals surface area contributed by atoms with E-state index in [-0.39, 0.29) is 5.60 Å². The molecule has 1 saturated carbocycles. The highest BCUT2D eigenvalue weighted by Crippen LogP contribution is 2.42. The minimum atomic E-state index is 0.266. The number of hydrogen-bond donors (Lipinski definition) is 1. The summed E-state index contributed by atoms with van der Waals surface area (Å²) < 4.78 is 5.89. The Morgan fingerprint density at radius 2 is 2.33 bits per heavy atom. The molecule has 1 atom stereocenters. The zero-order valence-electron chi connectivity index (χ0n) is 9.43.